The Morgan fingerprint density at radius 1 is 1.19 bits per heavy atom. The number of ether oxygens (including phenoxy) is 1. The third-order valence-corrected chi connectivity index (χ3v) is 3.76. The molecule has 5 nitrogen and oxygen atoms in total. The predicted molar refractivity (Wildman–Crippen MR) is 92.1 cm³/mol. The molecular formula is C18H16F3N3O2. The predicted octanol–water partition coefficient (Wildman–Crippen LogP) is 4.27. The molecule has 0 bridgehead atoms. The highest BCUT2D eigenvalue weighted by Gasteiger charge is 2.11. The van der Waals surface area contributed by atoms with Crippen LogP contribution in [0.3, 0.4) is 0 Å². The summed E-state index contributed by atoms with van der Waals surface area (Å²) in [6.45, 7) is -2.74. The molecule has 3 aromatic rings. The first-order valence-corrected chi connectivity index (χ1v) is 7.87. The van der Waals surface area contributed by atoms with E-state index >= 15 is 0 Å². The molecule has 0 aliphatic carbocycles. The number of hydrogen-bond acceptors (Lipinski definition) is 2. The summed E-state index contributed by atoms with van der Waals surface area (Å²) in [7, 11) is 0. The molecule has 2 aromatic carbocycles. The average molecular weight is 363 g/mol. The Labute approximate surface area is 147 Å². The number of urea groups is 1. The van der Waals surface area contributed by atoms with Gasteiger partial charge in [0.25, 0.3) is 0 Å². The van der Waals surface area contributed by atoms with Crippen molar-refractivity contribution in [1.82, 2.24) is 10.3 Å². The Bertz CT molecular complexity index is 912. The van der Waals surface area contributed by atoms with E-state index in [1.165, 1.54) is 6.07 Å². The number of anilines is 1. The van der Waals surface area contributed by atoms with Gasteiger partial charge in [-0.15, -0.1) is 0 Å². The van der Waals surface area contributed by atoms with Gasteiger partial charge in [-0.05, 0) is 30.2 Å². The lowest BCUT2D eigenvalue weighted by Crippen LogP contribution is -2.30. The number of benzene rings is 2. The van der Waals surface area contributed by atoms with Gasteiger partial charge in [0, 0.05) is 35.4 Å². The Balaban J connectivity index is 1.52. The summed E-state index contributed by atoms with van der Waals surface area (Å²) in [5, 5.41) is 6.19. The van der Waals surface area contributed by atoms with E-state index in [0.717, 1.165) is 28.6 Å². The molecule has 0 saturated heterocycles. The maximum atomic E-state index is 13.6. The molecule has 2 amide bonds. The van der Waals surface area contributed by atoms with Crippen LogP contribution in [0.25, 0.3) is 10.9 Å². The first-order chi connectivity index (χ1) is 12.5. The van der Waals surface area contributed by atoms with Crippen LogP contribution < -0.4 is 15.4 Å². The Morgan fingerprint density at radius 2 is 2.00 bits per heavy atom. The van der Waals surface area contributed by atoms with Crippen LogP contribution in [-0.2, 0) is 6.42 Å². The van der Waals surface area contributed by atoms with Gasteiger partial charge in [0.15, 0.2) is 11.6 Å². The lowest BCUT2D eigenvalue weighted by Gasteiger charge is -2.10. The maximum absolute atomic E-state index is 13.6. The van der Waals surface area contributed by atoms with Crippen molar-refractivity contribution in [1.29, 1.82) is 0 Å². The van der Waals surface area contributed by atoms with Crippen molar-refractivity contribution in [3.63, 3.8) is 0 Å². The van der Waals surface area contributed by atoms with Crippen molar-refractivity contribution in [3.8, 4) is 5.75 Å². The number of para-hydroxylation sites is 1. The number of carbonyl (C=O) groups excluding carboxylic acids is 1. The second-order valence-corrected chi connectivity index (χ2v) is 5.51. The van der Waals surface area contributed by atoms with E-state index in [-0.39, 0.29) is 5.69 Å². The molecule has 3 N–H and O–H groups in total. The first kappa shape index (κ1) is 17.7. The van der Waals surface area contributed by atoms with Crippen LogP contribution >= 0.6 is 0 Å². The minimum absolute atomic E-state index is 0.133. The summed E-state index contributed by atoms with van der Waals surface area (Å²) in [5.41, 5.74) is 2.22. The van der Waals surface area contributed by atoms with Crippen molar-refractivity contribution in [2.45, 2.75) is 13.0 Å². The summed E-state index contributed by atoms with van der Waals surface area (Å²) in [5.74, 6) is -1.56. The van der Waals surface area contributed by atoms with Crippen molar-refractivity contribution in [2.75, 3.05) is 11.9 Å². The van der Waals surface area contributed by atoms with Crippen LogP contribution in [0.15, 0.2) is 48.7 Å². The number of fused-ring (bicyclic) bond motifs is 1. The van der Waals surface area contributed by atoms with Gasteiger partial charge in [-0.2, -0.15) is 8.78 Å². The molecular weight excluding hydrogens is 347 g/mol. The zero-order valence-electron chi connectivity index (χ0n) is 13.6. The second kappa shape index (κ2) is 7.81. The quantitative estimate of drug-likeness (QED) is 0.612. The van der Waals surface area contributed by atoms with Crippen molar-refractivity contribution < 1.29 is 22.7 Å². The van der Waals surface area contributed by atoms with Gasteiger partial charge < -0.3 is 20.4 Å². The normalized spacial score (nSPS) is 10.9. The minimum Gasteiger partial charge on any atom is -0.432 e. The fraction of sp³-hybridized carbons (Fsp3) is 0.167. The highest BCUT2D eigenvalue weighted by molar-refractivity contribution is 5.89. The number of carbonyl (C=O) groups is 1. The van der Waals surface area contributed by atoms with E-state index in [0.29, 0.717) is 13.0 Å². The van der Waals surface area contributed by atoms with Crippen molar-refractivity contribution in [3.05, 3.63) is 60.0 Å². The summed E-state index contributed by atoms with van der Waals surface area (Å²) in [6.07, 6.45) is 2.51. The molecule has 8 heteroatoms. The monoisotopic (exact) mass is 363 g/mol. The molecule has 0 spiro atoms. The molecule has 0 atom stereocenters. The molecule has 0 unspecified atom stereocenters. The van der Waals surface area contributed by atoms with Crippen molar-refractivity contribution >= 4 is 22.6 Å². The Morgan fingerprint density at radius 3 is 2.77 bits per heavy atom. The summed E-state index contributed by atoms with van der Waals surface area (Å²) in [6, 6.07) is 10.5. The van der Waals surface area contributed by atoms with Crippen LogP contribution in [0.1, 0.15) is 5.56 Å². The van der Waals surface area contributed by atoms with Crippen LogP contribution in [0.4, 0.5) is 23.7 Å². The van der Waals surface area contributed by atoms with E-state index in [1.807, 2.05) is 30.5 Å². The summed E-state index contributed by atoms with van der Waals surface area (Å²) >= 11 is 0. The Hall–Kier alpha value is -3.16. The topological polar surface area (TPSA) is 66.2 Å². The van der Waals surface area contributed by atoms with E-state index in [4.69, 9.17) is 0 Å². The standard InChI is InChI=1S/C18H16F3N3O2/c19-14-9-12(5-6-16(14)26-17(20)21)24-18(25)22-8-7-11-10-23-15-4-2-1-3-13(11)15/h1-6,9-10,17,23H,7-8H2,(H2,22,24,25). The molecule has 136 valence electrons. The highest BCUT2D eigenvalue weighted by atomic mass is 19.3. The smallest absolute Gasteiger partial charge is 0.387 e. The maximum Gasteiger partial charge on any atom is 0.387 e. The first-order valence-electron chi connectivity index (χ1n) is 7.87. The third kappa shape index (κ3) is 4.27. The molecule has 26 heavy (non-hydrogen) atoms. The number of H-pyrrole nitrogens is 1. The number of halogens is 3. The third-order valence-electron chi connectivity index (χ3n) is 3.76. The summed E-state index contributed by atoms with van der Waals surface area (Å²) in [4.78, 5) is 15.0. The van der Waals surface area contributed by atoms with E-state index in [2.05, 4.69) is 20.4 Å². The van der Waals surface area contributed by atoms with E-state index < -0.39 is 24.2 Å². The zero-order valence-corrected chi connectivity index (χ0v) is 13.6. The number of hydrogen-bond donors (Lipinski definition) is 3. The molecule has 1 aromatic heterocycles. The van der Waals surface area contributed by atoms with Crippen LogP contribution in [0.2, 0.25) is 0 Å². The molecule has 0 fully saturated rings. The lowest BCUT2D eigenvalue weighted by atomic mass is 10.1. The average Bonchev–Trinajstić information content (AvgIpc) is 3.00. The molecule has 0 aliphatic rings. The Kier molecular flexibility index (Phi) is 5.31. The molecule has 1 heterocycles. The summed E-state index contributed by atoms with van der Waals surface area (Å²) < 4.78 is 41.8. The molecule has 3 rings (SSSR count). The lowest BCUT2D eigenvalue weighted by molar-refractivity contribution is -0.0521. The fourth-order valence-electron chi connectivity index (χ4n) is 2.59. The second-order valence-electron chi connectivity index (χ2n) is 5.51. The fourth-order valence-corrected chi connectivity index (χ4v) is 2.59. The SMILES string of the molecule is O=C(NCCc1c[nH]c2ccccc12)Nc1ccc(OC(F)F)c(F)c1. The van der Waals surface area contributed by atoms with Crippen molar-refractivity contribution in [2.24, 2.45) is 0 Å². The number of alkyl halides is 2. The van der Waals surface area contributed by atoms with Gasteiger partial charge in [0.2, 0.25) is 0 Å². The van der Waals surface area contributed by atoms with E-state index in [1.54, 1.807) is 0 Å². The molecule has 0 saturated carbocycles. The minimum atomic E-state index is -3.11. The van der Waals surface area contributed by atoms with Gasteiger partial charge in [-0.3, -0.25) is 0 Å². The molecule has 0 aliphatic heterocycles. The van der Waals surface area contributed by atoms with Gasteiger partial charge in [0.1, 0.15) is 0 Å². The molecule has 0 radical (unpaired) electrons. The largest absolute Gasteiger partial charge is 0.432 e. The van der Waals surface area contributed by atoms with E-state index in [9.17, 15) is 18.0 Å². The van der Waals surface area contributed by atoms with Gasteiger partial charge in [-0.25, -0.2) is 9.18 Å². The van der Waals surface area contributed by atoms with Gasteiger partial charge >= 0.3 is 12.6 Å². The number of aromatic amines is 1. The van der Waals surface area contributed by atoms with Crippen LogP contribution in [-0.4, -0.2) is 24.2 Å². The zero-order chi connectivity index (χ0) is 18.5. The number of aromatic nitrogens is 1. The number of rotatable bonds is 6. The van der Waals surface area contributed by atoms with Gasteiger partial charge in [0.05, 0.1) is 0 Å². The van der Waals surface area contributed by atoms with Crippen LogP contribution in [0, 0.1) is 5.82 Å². The van der Waals surface area contributed by atoms with Crippen LogP contribution in [0.5, 0.6) is 5.75 Å². The number of nitrogens with one attached hydrogen (secondary N) is 3. The van der Waals surface area contributed by atoms with Gasteiger partial charge in [-0.1, -0.05) is 18.2 Å². The highest BCUT2D eigenvalue weighted by Crippen LogP contribution is 2.22. The number of amides is 2.